The van der Waals surface area contributed by atoms with Crippen molar-refractivity contribution in [2.75, 3.05) is 85.6 Å². The summed E-state index contributed by atoms with van der Waals surface area (Å²) in [6.07, 6.45) is 24.3. The number of rotatable bonds is 40. The summed E-state index contributed by atoms with van der Waals surface area (Å²) < 4.78 is 41.2. The van der Waals surface area contributed by atoms with Gasteiger partial charge in [0.25, 0.3) is 0 Å². The van der Waals surface area contributed by atoms with Crippen LogP contribution >= 0.6 is 470 Å². The molecule has 0 atom stereocenters. The van der Waals surface area contributed by atoms with Gasteiger partial charge in [0.1, 0.15) is 0 Å². The first kappa shape index (κ1) is 99.5. The van der Waals surface area contributed by atoms with Crippen molar-refractivity contribution in [3.8, 4) is 24.3 Å². The quantitative estimate of drug-likeness (QED) is 0.0592. The summed E-state index contributed by atoms with van der Waals surface area (Å²) >= 11 is 76.5. The summed E-state index contributed by atoms with van der Waals surface area (Å²) in [7, 11) is 0. The highest BCUT2D eigenvalue weighted by Crippen LogP contribution is 2.72. The van der Waals surface area contributed by atoms with Gasteiger partial charge in [0.2, 0.25) is 0 Å². The fourth-order valence-electron chi connectivity index (χ4n) is 9.52. The van der Waals surface area contributed by atoms with Crippen molar-refractivity contribution >= 4 is 470 Å². The van der Waals surface area contributed by atoms with Crippen LogP contribution in [0.4, 0.5) is 0 Å². The van der Waals surface area contributed by atoms with E-state index in [0.29, 0.717) is 25.7 Å². The van der Waals surface area contributed by atoms with Gasteiger partial charge >= 0.3 is 0 Å². The number of thioether (sulfide) groups is 40. The Morgan fingerprint density at radius 2 is 0.298 bits per heavy atom. The van der Waals surface area contributed by atoms with Crippen molar-refractivity contribution in [2.24, 2.45) is 0 Å². The average molecular weight is 2240 g/mol. The lowest BCUT2D eigenvalue weighted by Gasteiger charge is -2.12. The van der Waals surface area contributed by atoms with Crippen molar-refractivity contribution in [3.63, 3.8) is 0 Å². The van der Waals surface area contributed by atoms with E-state index in [1.165, 1.54) is 160 Å². The second kappa shape index (κ2) is 52.7. The molecular formula is C70H64N4S40. The van der Waals surface area contributed by atoms with E-state index in [4.69, 9.17) is 0 Å². The van der Waals surface area contributed by atoms with Crippen molar-refractivity contribution < 1.29 is 0 Å². The first-order chi connectivity index (χ1) is 55.7. The molecule has 0 N–H and O–H groups in total. The van der Waals surface area contributed by atoms with Crippen molar-refractivity contribution in [2.45, 2.75) is 60.2 Å². The maximum absolute atomic E-state index is 9.29. The molecule has 0 unspecified atom stereocenters. The predicted molar refractivity (Wildman–Crippen MR) is 604 cm³/mol. The molecule has 10 heterocycles. The number of hydrogen-bond donors (Lipinski definition) is 0. The minimum Gasteiger partial charge on any atom is -0.198 e. The van der Waals surface area contributed by atoms with Gasteiger partial charge in [-0.15, -0.1) is 235 Å². The third kappa shape index (κ3) is 28.3. The Morgan fingerprint density at radius 3 is 0.412 bits per heavy atom. The van der Waals surface area contributed by atoms with E-state index in [0.717, 1.165) is 57.5 Å². The van der Waals surface area contributed by atoms with Crippen LogP contribution in [0, 0.1) is 45.3 Å². The van der Waals surface area contributed by atoms with Crippen LogP contribution in [-0.4, -0.2) is 85.6 Å². The van der Waals surface area contributed by atoms with Crippen LogP contribution in [-0.2, 0) is 34.5 Å². The zero-order chi connectivity index (χ0) is 80.0. The van der Waals surface area contributed by atoms with E-state index in [1.54, 1.807) is 0 Å². The van der Waals surface area contributed by atoms with Crippen LogP contribution < -0.4 is 0 Å². The highest BCUT2D eigenvalue weighted by molar-refractivity contribution is 8.50. The molecule has 4 nitrogen and oxygen atoms in total. The highest BCUT2D eigenvalue weighted by Gasteiger charge is 2.37. The van der Waals surface area contributed by atoms with E-state index in [9.17, 15) is 21.0 Å². The Balaban J connectivity index is 0.737. The summed E-state index contributed by atoms with van der Waals surface area (Å²) in [5.74, 6) is 8.66. The zero-order valence-corrected chi connectivity index (χ0v) is 94.1. The molecule has 12 rings (SSSR count). The van der Waals surface area contributed by atoms with Crippen LogP contribution in [0.2, 0.25) is 0 Å². The van der Waals surface area contributed by atoms with Gasteiger partial charge < -0.3 is 0 Å². The summed E-state index contributed by atoms with van der Waals surface area (Å²) in [4.78, 5) is 0. The van der Waals surface area contributed by atoms with E-state index < -0.39 is 0 Å². The van der Waals surface area contributed by atoms with Crippen molar-refractivity contribution in [3.05, 3.63) is 197 Å². The monoisotopic (exact) mass is 2240 g/mol. The number of nitriles is 4. The molecule has 0 saturated heterocycles. The first-order valence-corrected chi connectivity index (χ1v) is 71.3. The third-order valence-corrected chi connectivity index (χ3v) is 71.1. The van der Waals surface area contributed by atoms with Crippen LogP contribution in [0.3, 0.4) is 0 Å². The van der Waals surface area contributed by atoms with E-state index in [-0.39, 0.29) is 0 Å². The number of benzene rings is 2. The van der Waals surface area contributed by atoms with E-state index in [2.05, 4.69) is 123 Å². The molecule has 0 amide bonds. The van der Waals surface area contributed by atoms with Gasteiger partial charge in [-0.25, -0.2) is 0 Å². The Hall–Kier alpha value is 6.50. The molecule has 604 valence electrons. The Kier molecular flexibility index (Phi) is 46.0. The lowest BCUT2D eigenvalue weighted by Crippen LogP contribution is -1.92. The lowest BCUT2D eigenvalue weighted by atomic mass is 10.1. The minimum absolute atomic E-state index is 0.560. The molecule has 44 heteroatoms. The molecule has 10 aliphatic heterocycles. The van der Waals surface area contributed by atoms with Gasteiger partial charge in [0.05, 0.1) is 151 Å². The fraction of sp³-hybridized carbons (Fsp3) is 0.343. The molecule has 0 fully saturated rings. The summed E-state index contributed by atoms with van der Waals surface area (Å²) in [5.41, 5.74) is 8.22. The summed E-state index contributed by atoms with van der Waals surface area (Å²) in [5, 5.41) is 37.2. The lowest BCUT2D eigenvalue weighted by molar-refractivity contribution is 1.24. The predicted octanol–water partition coefficient (Wildman–Crippen LogP) is 37.7. The zero-order valence-electron chi connectivity index (χ0n) is 61.5. The molecule has 0 aromatic heterocycles. The topological polar surface area (TPSA) is 95.2 Å². The van der Waals surface area contributed by atoms with Crippen LogP contribution in [0.1, 0.15) is 59.1 Å². The van der Waals surface area contributed by atoms with Gasteiger partial charge in [-0.2, -0.15) is 21.0 Å². The second-order valence-corrected chi connectivity index (χ2v) is 68.4. The highest BCUT2D eigenvalue weighted by atomic mass is 32.3. The average Bonchev–Trinajstić information content (AvgIpc) is 1.68. The Labute approximate surface area is 844 Å². The molecule has 0 bridgehead atoms. The SMILES string of the molecule is CSC1=C(SCCC#N)S/C(=C2/SC(SC)=C(SCc3cc(CSC4=C(SC)S/C(=C5\SC(SC)=C(SCc6cc(CSC7=C(SC)S/C(=C8\SC(SC)=C(SCCC#N)S8)S7)cc(CSC7=C(SC)S/C(=C8/SC(SC)=C(SCCC#N)S8)S7)c6)S5)S4)cc(CSC4=C(SC)S/C(=C5/SC(SC)=C(SCCC#N)S5)S4)c3)S2)S1. The molecule has 2 aromatic rings. The number of hydrogen-bond acceptors (Lipinski definition) is 44. The maximum atomic E-state index is 9.29. The summed E-state index contributed by atoms with van der Waals surface area (Å²) in [6.45, 7) is 0. The minimum atomic E-state index is 0.560. The second-order valence-electron chi connectivity index (χ2n) is 21.8. The molecule has 0 radical (unpaired) electrons. The van der Waals surface area contributed by atoms with Crippen LogP contribution in [0.25, 0.3) is 0 Å². The Bertz CT molecular complexity index is 4200. The van der Waals surface area contributed by atoms with E-state index >= 15 is 0 Å². The van der Waals surface area contributed by atoms with E-state index in [1.807, 2.05) is 470 Å². The van der Waals surface area contributed by atoms with Gasteiger partial charge in [-0.05, 0) is 95.9 Å². The van der Waals surface area contributed by atoms with Gasteiger partial charge in [0.15, 0.2) is 0 Å². The largest absolute Gasteiger partial charge is 0.198 e. The fourth-order valence-corrected chi connectivity index (χ4v) is 64.5. The first-order valence-electron chi connectivity index (χ1n) is 32.9. The molecule has 0 saturated carbocycles. The standard InChI is InChI=1S/C70H64N4S40/c1-75-41-51(85-19-11-15-71)105-61(95-41)65-99-45(79-5)55(109-65)89-29-35-23-36(30-90-56-46(80-6)100-66(110-56)62-96-42(76-2)52(106-62)86-20-12-16-72)26-39(25-35)33-93-59-49(83-9)103-69(113-59)70-104-50(84-10)60(114-70)94-34-40-27-37(31-91-57-47(81-7)101-67(111-57)63-97-43(77-3)53(107-63)87-21-13-17-73)24-38(28-40)32-92-58-48(82-8)102-68(112-58)64-98-44(78-4)54(108-64)88-22-14-18-74/h23-28H,11-14,19-22,29-34H2,1-10H3/b65-61-,66-62+,67-63-,68-64+,70-69-. The molecule has 10 aliphatic rings. The Morgan fingerprint density at radius 1 is 0.184 bits per heavy atom. The van der Waals surface area contributed by atoms with Crippen molar-refractivity contribution in [1.82, 2.24) is 0 Å². The smallest absolute Gasteiger partial charge is 0.0717 e. The van der Waals surface area contributed by atoms with Crippen molar-refractivity contribution in [1.29, 1.82) is 21.0 Å². The molecule has 2 aromatic carbocycles. The van der Waals surface area contributed by atoms with Crippen LogP contribution in [0.15, 0.2) is 164 Å². The van der Waals surface area contributed by atoms with Gasteiger partial charge in [-0.3, -0.25) is 0 Å². The molecule has 114 heavy (non-hydrogen) atoms. The third-order valence-electron chi connectivity index (χ3n) is 14.3. The molecule has 0 aliphatic carbocycles. The molecule has 0 spiro atoms. The molecular weight excluding hydrogens is 2180 g/mol. The van der Waals surface area contributed by atoms with Gasteiger partial charge in [-0.1, -0.05) is 272 Å². The summed E-state index contributed by atoms with van der Waals surface area (Å²) in [6, 6.07) is 24.3. The number of nitrogens with zero attached hydrogens (tertiary/aromatic N) is 4. The van der Waals surface area contributed by atoms with Crippen LogP contribution in [0.5, 0.6) is 0 Å². The maximum Gasteiger partial charge on any atom is 0.0717 e. The normalized spacial score (nSPS) is 22.2. The van der Waals surface area contributed by atoms with Gasteiger partial charge in [0, 0.05) is 83.2 Å².